The van der Waals surface area contributed by atoms with E-state index in [4.69, 9.17) is 0 Å². The molecule has 0 saturated carbocycles. The van der Waals surface area contributed by atoms with Crippen LogP contribution in [0.4, 0.5) is 0 Å². The Morgan fingerprint density at radius 3 is 1.61 bits per heavy atom. The molecular weight excluding hydrogens is 337 g/mol. The second-order valence-corrected chi connectivity index (χ2v) is 10.0. The standard InChI is InChI=1S/C26H32BN/c1-24(2,3)26(27,25(4,5)6)22-15-12-19(13-16-22)21-14-17-23(28-18-21)20-10-8-7-9-11-20/h7-18H,27H2,1-6H3. The lowest BCUT2D eigenvalue weighted by Crippen LogP contribution is -2.50. The van der Waals surface area contributed by atoms with Crippen LogP contribution in [0.1, 0.15) is 47.1 Å². The smallest absolute Gasteiger partial charge is 0.116 e. The summed E-state index contributed by atoms with van der Waals surface area (Å²) in [4.78, 5) is 4.68. The molecule has 28 heavy (non-hydrogen) atoms. The van der Waals surface area contributed by atoms with Gasteiger partial charge in [0.2, 0.25) is 0 Å². The average Bonchev–Trinajstić information content (AvgIpc) is 2.66. The molecule has 1 nitrogen and oxygen atoms in total. The molecule has 0 bridgehead atoms. The van der Waals surface area contributed by atoms with E-state index in [2.05, 4.69) is 103 Å². The van der Waals surface area contributed by atoms with Crippen LogP contribution in [0.25, 0.3) is 22.4 Å². The third-order valence-electron chi connectivity index (χ3n) is 6.63. The number of aromatic nitrogens is 1. The molecule has 3 rings (SSSR count). The molecule has 1 aromatic heterocycles. The molecule has 0 unspecified atom stereocenters. The summed E-state index contributed by atoms with van der Waals surface area (Å²) in [6.45, 7) is 14.1. The lowest BCUT2D eigenvalue weighted by Gasteiger charge is -2.52. The van der Waals surface area contributed by atoms with Crippen LogP contribution in [0.2, 0.25) is 0 Å². The van der Waals surface area contributed by atoms with Crippen LogP contribution < -0.4 is 0 Å². The van der Waals surface area contributed by atoms with E-state index in [-0.39, 0.29) is 16.1 Å². The molecule has 0 radical (unpaired) electrons. The van der Waals surface area contributed by atoms with Gasteiger partial charge in [0.15, 0.2) is 0 Å². The summed E-state index contributed by atoms with van der Waals surface area (Å²) >= 11 is 0. The first kappa shape index (κ1) is 20.4. The van der Waals surface area contributed by atoms with Crippen molar-refractivity contribution >= 4 is 7.85 Å². The predicted octanol–water partition coefficient (Wildman–Crippen LogP) is 6.34. The number of pyridine rings is 1. The Labute approximate surface area is 171 Å². The minimum Gasteiger partial charge on any atom is -0.256 e. The summed E-state index contributed by atoms with van der Waals surface area (Å²) in [5, 5.41) is 0.0634. The van der Waals surface area contributed by atoms with Gasteiger partial charge < -0.3 is 0 Å². The predicted molar refractivity (Wildman–Crippen MR) is 124 cm³/mol. The molecule has 0 aliphatic heterocycles. The fourth-order valence-corrected chi connectivity index (χ4v) is 4.33. The molecule has 0 N–H and O–H groups in total. The number of nitrogens with zero attached hydrogens (tertiary/aromatic N) is 1. The van der Waals surface area contributed by atoms with E-state index in [0.29, 0.717) is 0 Å². The zero-order valence-corrected chi connectivity index (χ0v) is 18.4. The zero-order valence-electron chi connectivity index (χ0n) is 18.4. The average molecular weight is 369 g/mol. The van der Waals surface area contributed by atoms with Crippen LogP contribution in [0, 0.1) is 10.8 Å². The second kappa shape index (κ2) is 7.24. The lowest BCUT2D eigenvalue weighted by atomic mass is 9.41. The van der Waals surface area contributed by atoms with Crippen molar-refractivity contribution in [1.82, 2.24) is 4.98 Å². The zero-order chi connectivity index (χ0) is 20.6. The van der Waals surface area contributed by atoms with Gasteiger partial charge in [-0.05, 0) is 33.3 Å². The molecule has 0 saturated heterocycles. The highest BCUT2D eigenvalue weighted by Gasteiger charge is 2.47. The maximum absolute atomic E-state index is 4.68. The van der Waals surface area contributed by atoms with E-state index in [1.165, 1.54) is 11.1 Å². The molecule has 2 heteroatoms. The summed E-state index contributed by atoms with van der Waals surface area (Å²) in [6, 6.07) is 23.7. The molecule has 1 heterocycles. The van der Waals surface area contributed by atoms with E-state index < -0.39 is 0 Å². The summed E-state index contributed by atoms with van der Waals surface area (Å²) in [5.41, 5.74) is 6.23. The monoisotopic (exact) mass is 369 g/mol. The van der Waals surface area contributed by atoms with Gasteiger partial charge in [0.1, 0.15) is 7.85 Å². The number of benzene rings is 2. The van der Waals surface area contributed by atoms with E-state index in [1.807, 2.05) is 24.4 Å². The number of hydrogen-bond acceptors (Lipinski definition) is 1. The Balaban J connectivity index is 1.92. The van der Waals surface area contributed by atoms with E-state index >= 15 is 0 Å². The highest BCUT2D eigenvalue weighted by molar-refractivity contribution is 6.17. The topological polar surface area (TPSA) is 12.9 Å². The van der Waals surface area contributed by atoms with Crippen LogP contribution in [0.3, 0.4) is 0 Å². The highest BCUT2D eigenvalue weighted by atomic mass is 14.7. The second-order valence-electron chi connectivity index (χ2n) is 10.0. The maximum Gasteiger partial charge on any atom is 0.116 e. The number of hydrogen-bond donors (Lipinski definition) is 0. The van der Waals surface area contributed by atoms with Crippen molar-refractivity contribution in [3.63, 3.8) is 0 Å². The molecule has 144 valence electrons. The minimum atomic E-state index is 0.0634. The Hall–Kier alpha value is -2.35. The Morgan fingerprint density at radius 2 is 1.14 bits per heavy atom. The van der Waals surface area contributed by atoms with Gasteiger partial charge in [-0.15, -0.1) is 0 Å². The fraction of sp³-hybridized carbons (Fsp3) is 0.346. The fourth-order valence-electron chi connectivity index (χ4n) is 4.33. The molecule has 0 fully saturated rings. The van der Waals surface area contributed by atoms with Gasteiger partial charge in [-0.25, -0.2) is 0 Å². The van der Waals surface area contributed by atoms with Gasteiger partial charge in [0.25, 0.3) is 0 Å². The summed E-state index contributed by atoms with van der Waals surface area (Å²) in [7, 11) is 2.40. The van der Waals surface area contributed by atoms with Gasteiger partial charge >= 0.3 is 0 Å². The lowest BCUT2D eigenvalue weighted by molar-refractivity contribution is 0.132. The molecule has 0 aliphatic carbocycles. The van der Waals surface area contributed by atoms with E-state index in [1.54, 1.807) is 0 Å². The van der Waals surface area contributed by atoms with Crippen LogP contribution in [-0.2, 0) is 5.31 Å². The highest BCUT2D eigenvalue weighted by Crippen LogP contribution is 2.51. The van der Waals surface area contributed by atoms with Crippen molar-refractivity contribution in [2.75, 3.05) is 0 Å². The van der Waals surface area contributed by atoms with Crippen molar-refractivity contribution in [3.8, 4) is 22.4 Å². The number of rotatable bonds is 3. The Kier molecular flexibility index (Phi) is 5.27. The first-order valence-electron chi connectivity index (χ1n) is 10.2. The minimum absolute atomic E-state index is 0.0634. The van der Waals surface area contributed by atoms with Crippen LogP contribution in [-0.4, -0.2) is 12.8 Å². The van der Waals surface area contributed by atoms with Gasteiger partial charge in [0, 0.05) is 17.3 Å². The van der Waals surface area contributed by atoms with Crippen LogP contribution >= 0.6 is 0 Å². The Bertz CT molecular complexity index is 897. The molecule has 3 aromatic rings. The van der Waals surface area contributed by atoms with Gasteiger partial charge in [-0.2, -0.15) is 0 Å². The summed E-state index contributed by atoms with van der Waals surface area (Å²) in [6.07, 6.45) is 1.98. The van der Waals surface area contributed by atoms with Gasteiger partial charge in [-0.1, -0.05) is 102 Å². The Morgan fingerprint density at radius 1 is 0.607 bits per heavy atom. The molecule has 0 spiro atoms. The first-order chi connectivity index (χ1) is 13.0. The third-order valence-corrected chi connectivity index (χ3v) is 6.63. The normalized spacial score (nSPS) is 12.8. The van der Waals surface area contributed by atoms with E-state index in [9.17, 15) is 0 Å². The molecule has 2 aromatic carbocycles. The van der Waals surface area contributed by atoms with Crippen molar-refractivity contribution < 1.29 is 0 Å². The third kappa shape index (κ3) is 3.65. The largest absolute Gasteiger partial charge is 0.256 e. The molecular formula is C26H32BN. The molecule has 0 aliphatic rings. The molecule has 0 atom stereocenters. The van der Waals surface area contributed by atoms with Crippen LogP contribution in [0.15, 0.2) is 72.9 Å². The quantitative estimate of drug-likeness (QED) is 0.491. The van der Waals surface area contributed by atoms with Crippen LogP contribution in [0.5, 0.6) is 0 Å². The molecule has 0 amide bonds. The van der Waals surface area contributed by atoms with Crippen molar-refractivity contribution in [2.24, 2.45) is 10.8 Å². The van der Waals surface area contributed by atoms with Gasteiger partial charge in [0.05, 0.1) is 5.69 Å². The van der Waals surface area contributed by atoms with Crippen molar-refractivity contribution in [2.45, 2.75) is 46.9 Å². The first-order valence-corrected chi connectivity index (χ1v) is 10.2. The summed E-state index contributed by atoms with van der Waals surface area (Å²) in [5.74, 6) is 0. The van der Waals surface area contributed by atoms with Crippen molar-refractivity contribution in [1.29, 1.82) is 0 Å². The van der Waals surface area contributed by atoms with Crippen molar-refractivity contribution in [3.05, 3.63) is 78.5 Å². The van der Waals surface area contributed by atoms with Gasteiger partial charge in [-0.3, -0.25) is 4.98 Å². The summed E-state index contributed by atoms with van der Waals surface area (Å²) < 4.78 is 0. The van der Waals surface area contributed by atoms with E-state index in [0.717, 1.165) is 16.8 Å². The maximum atomic E-state index is 4.68. The SMILES string of the molecule is BC(c1ccc(-c2ccc(-c3ccccc3)nc2)cc1)(C(C)(C)C)C(C)(C)C.